The van der Waals surface area contributed by atoms with Crippen LogP contribution in [0.15, 0.2) is 34.3 Å². The first kappa shape index (κ1) is 24.4. The van der Waals surface area contributed by atoms with E-state index in [-0.39, 0.29) is 22.1 Å². The molecule has 1 unspecified atom stereocenters. The molecule has 166 valence electrons. The van der Waals surface area contributed by atoms with Crippen molar-refractivity contribution in [2.24, 2.45) is 5.92 Å². The van der Waals surface area contributed by atoms with Crippen LogP contribution in [0.4, 0.5) is 5.69 Å². The normalized spacial score (nSPS) is 13.1. The minimum atomic E-state index is -3.56. The van der Waals surface area contributed by atoms with Crippen LogP contribution in [0.3, 0.4) is 0 Å². The molecule has 7 nitrogen and oxygen atoms in total. The number of nitrogens with zero attached hydrogens (tertiary/aromatic N) is 2. The molecule has 1 amide bonds. The second-order valence-electron chi connectivity index (χ2n) is 8.12. The van der Waals surface area contributed by atoms with Gasteiger partial charge in [-0.1, -0.05) is 25.6 Å². The maximum Gasteiger partial charge on any atom is 0.240 e. The van der Waals surface area contributed by atoms with Crippen molar-refractivity contribution in [3.8, 4) is 0 Å². The van der Waals surface area contributed by atoms with Gasteiger partial charge < -0.3 is 9.88 Å². The van der Waals surface area contributed by atoms with Crippen molar-refractivity contribution in [1.82, 2.24) is 14.3 Å². The summed E-state index contributed by atoms with van der Waals surface area (Å²) in [6, 6.07) is 5.97. The fourth-order valence-electron chi connectivity index (χ4n) is 2.84. The zero-order valence-corrected chi connectivity index (χ0v) is 20.3. The van der Waals surface area contributed by atoms with Crippen LogP contribution in [0, 0.1) is 19.8 Å². The van der Waals surface area contributed by atoms with Crippen LogP contribution in [0.1, 0.15) is 46.0 Å². The van der Waals surface area contributed by atoms with E-state index in [4.69, 9.17) is 0 Å². The van der Waals surface area contributed by atoms with E-state index >= 15 is 0 Å². The lowest BCUT2D eigenvalue weighted by molar-refractivity contribution is -0.115. The van der Waals surface area contributed by atoms with Gasteiger partial charge in [-0.15, -0.1) is 0 Å². The minimum absolute atomic E-state index is 0.162. The quantitative estimate of drug-likeness (QED) is 0.562. The van der Waals surface area contributed by atoms with Gasteiger partial charge in [0.05, 0.1) is 15.8 Å². The Morgan fingerprint density at radius 1 is 1.10 bits per heavy atom. The number of imidazole rings is 1. The first-order chi connectivity index (χ1) is 13.9. The Morgan fingerprint density at radius 2 is 1.70 bits per heavy atom. The Hall–Kier alpha value is -1.84. The monoisotopic (exact) mass is 452 g/mol. The van der Waals surface area contributed by atoms with Gasteiger partial charge in [-0.3, -0.25) is 4.79 Å². The zero-order valence-electron chi connectivity index (χ0n) is 18.7. The first-order valence-electron chi connectivity index (χ1n) is 10.0. The maximum absolute atomic E-state index is 12.7. The molecule has 0 aliphatic carbocycles. The van der Waals surface area contributed by atoms with Crippen molar-refractivity contribution in [3.05, 3.63) is 35.7 Å². The van der Waals surface area contributed by atoms with E-state index in [1.165, 1.54) is 23.9 Å². The van der Waals surface area contributed by atoms with Crippen molar-refractivity contribution in [2.45, 2.75) is 76.4 Å². The predicted molar refractivity (Wildman–Crippen MR) is 122 cm³/mol. The number of amides is 1. The van der Waals surface area contributed by atoms with Crippen LogP contribution in [0.5, 0.6) is 0 Å². The molecule has 0 saturated carbocycles. The zero-order chi connectivity index (χ0) is 22.6. The lowest BCUT2D eigenvalue weighted by atomic mass is 10.2. The summed E-state index contributed by atoms with van der Waals surface area (Å²) in [4.78, 5) is 17.5. The number of hydrogen-bond acceptors (Lipinski definition) is 5. The topological polar surface area (TPSA) is 93.1 Å². The summed E-state index contributed by atoms with van der Waals surface area (Å²) in [6.45, 7) is 14.5. The molecule has 0 fully saturated rings. The summed E-state index contributed by atoms with van der Waals surface area (Å²) in [6.07, 6.45) is 0. The Balaban J connectivity index is 2.07. The number of thioether (sulfide) groups is 1. The van der Waals surface area contributed by atoms with Crippen LogP contribution >= 0.6 is 11.8 Å². The summed E-state index contributed by atoms with van der Waals surface area (Å²) < 4.78 is 29.1. The van der Waals surface area contributed by atoms with Gasteiger partial charge in [0.2, 0.25) is 15.9 Å². The maximum atomic E-state index is 12.7. The van der Waals surface area contributed by atoms with E-state index in [1.807, 2.05) is 20.8 Å². The highest BCUT2D eigenvalue weighted by molar-refractivity contribution is 8.00. The van der Waals surface area contributed by atoms with Gasteiger partial charge in [0.1, 0.15) is 0 Å². The molecule has 2 aromatic rings. The number of aromatic nitrogens is 2. The fourth-order valence-corrected chi connectivity index (χ4v) is 5.11. The molecule has 0 saturated heterocycles. The lowest BCUT2D eigenvalue weighted by Crippen LogP contribution is -2.30. The molecule has 0 bridgehead atoms. The van der Waals surface area contributed by atoms with E-state index in [1.54, 1.807) is 26.0 Å². The van der Waals surface area contributed by atoms with Gasteiger partial charge in [-0.2, -0.15) is 0 Å². The highest BCUT2D eigenvalue weighted by atomic mass is 32.2. The second kappa shape index (κ2) is 9.98. The lowest BCUT2D eigenvalue weighted by Gasteiger charge is -2.15. The number of nitrogens with one attached hydrogen (secondary N) is 2. The number of sulfonamides is 1. The van der Waals surface area contributed by atoms with Crippen molar-refractivity contribution in [1.29, 1.82) is 0 Å². The van der Waals surface area contributed by atoms with Crippen LogP contribution in [-0.2, 0) is 21.4 Å². The molecule has 2 N–H and O–H groups in total. The van der Waals surface area contributed by atoms with Gasteiger partial charge in [0.15, 0.2) is 5.16 Å². The van der Waals surface area contributed by atoms with Crippen molar-refractivity contribution < 1.29 is 13.2 Å². The minimum Gasteiger partial charge on any atom is -0.325 e. The summed E-state index contributed by atoms with van der Waals surface area (Å²) in [5.74, 6) is 0.311. The van der Waals surface area contributed by atoms with Gasteiger partial charge in [-0.05, 0) is 64.8 Å². The highest BCUT2D eigenvalue weighted by Crippen LogP contribution is 2.27. The molecule has 1 atom stereocenters. The van der Waals surface area contributed by atoms with Crippen molar-refractivity contribution >= 4 is 33.4 Å². The molecule has 0 aliphatic heterocycles. The van der Waals surface area contributed by atoms with Crippen LogP contribution in [-0.4, -0.2) is 35.2 Å². The molecule has 30 heavy (non-hydrogen) atoms. The summed E-state index contributed by atoms with van der Waals surface area (Å²) >= 11 is 1.42. The highest BCUT2D eigenvalue weighted by Gasteiger charge is 2.21. The van der Waals surface area contributed by atoms with E-state index in [0.29, 0.717) is 11.6 Å². The summed E-state index contributed by atoms with van der Waals surface area (Å²) in [5.41, 5.74) is 2.64. The van der Waals surface area contributed by atoms with E-state index in [2.05, 4.69) is 33.4 Å². The Bertz CT molecular complexity index is 980. The molecular formula is C21H32N4O3S2. The summed E-state index contributed by atoms with van der Waals surface area (Å²) in [5, 5.41) is 3.33. The third-order valence-corrected chi connectivity index (χ3v) is 7.21. The average molecular weight is 453 g/mol. The molecule has 1 aromatic carbocycles. The predicted octanol–water partition coefficient (Wildman–Crippen LogP) is 3.96. The fraction of sp³-hybridized carbons (Fsp3) is 0.524. The first-order valence-corrected chi connectivity index (χ1v) is 12.4. The second-order valence-corrected chi connectivity index (χ2v) is 11.1. The number of carbonyl (C=O) groups excluding carboxylic acids is 1. The Labute approximate surface area is 184 Å². The number of anilines is 1. The van der Waals surface area contributed by atoms with E-state index in [9.17, 15) is 13.2 Å². The van der Waals surface area contributed by atoms with Crippen LogP contribution in [0.25, 0.3) is 0 Å². The van der Waals surface area contributed by atoms with Crippen molar-refractivity contribution in [3.63, 3.8) is 0 Å². The molecular weight excluding hydrogens is 420 g/mol. The number of carbonyl (C=O) groups is 1. The summed E-state index contributed by atoms with van der Waals surface area (Å²) in [7, 11) is -3.56. The molecule has 2 rings (SSSR count). The van der Waals surface area contributed by atoms with Crippen LogP contribution < -0.4 is 10.0 Å². The smallest absolute Gasteiger partial charge is 0.240 e. The molecule has 9 heteroatoms. The third kappa shape index (κ3) is 6.33. The molecule has 1 aromatic heterocycles. The number of benzene rings is 1. The number of rotatable bonds is 9. The van der Waals surface area contributed by atoms with Gasteiger partial charge in [-0.25, -0.2) is 18.1 Å². The van der Waals surface area contributed by atoms with E-state index in [0.717, 1.165) is 23.1 Å². The SMILES string of the molecule is Cc1nc(SC(C)C(=O)Nc2ccc(S(=O)(=O)NC(C)C)cc2)n(CC(C)C)c1C. The molecule has 0 radical (unpaired) electrons. The molecule has 0 spiro atoms. The number of hydrogen-bond donors (Lipinski definition) is 2. The third-order valence-electron chi connectivity index (χ3n) is 4.44. The van der Waals surface area contributed by atoms with Gasteiger partial charge in [0.25, 0.3) is 0 Å². The van der Waals surface area contributed by atoms with Gasteiger partial charge >= 0.3 is 0 Å². The number of aryl methyl sites for hydroxylation is 1. The van der Waals surface area contributed by atoms with Crippen LogP contribution in [0.2, 0.25) is 0 Å². The van der Waals surface area contributed by atoms with Crippen molar-refractivity contribution in [2.75, 3.05) is 5.32 Å². The Morgan fingerprint density at radius 3 is 2.23 bits per heavy atom. The largest absolute Gasteiger partial charge is 0.325 e. The Kier molecular flexibility index (Phi) is 8.13. The molecule has 0 aliphatic rings. The standard InChI is InChI=1S/C21H32N4O3S2/c1-13(2)12-25-16(6)15(5)22-21(25)29-17(7)20(26)23-18-8-10-19(11-9-18)30(27,28)24-14(3)4/h8-11,13-14,17,24H,12H2,1-7H3,(H,23,26). The van der Waals surface area contributed by atoms with Gasteiger partial charge in [0, 0.05) is 24.0 Å². The average Bonchev–Trinajstić information content (AvgIpc) is 2.88. The van der Waals surface area contributed by atoms with E-state index < -0.39 is 10.0 Å². The molecule has 1 heterocycles.